The van der Waals surface area contributed by atoms with E-state index in [9.17, 15) is 14.9 Å². The van der Waals surface area contributed by atoms with Crippen molar-refractivity contribution in [2.24, 2.45) is 4.99 Å². The molecule has 1 amide bonds. The summed E-state index contributed by atoms with van der Waals surface area (Å²) in [6, 6.07) is 8.52. The molecule has 8 heteroatoms. The highest BCUT2D eigenvalue weighted by Crippen LogP contribution is 2.26. The molecule has 21 heavy (non-hydrogen) atoms. The Balaban J connectivity index is 2.10. The number of nitrogens with zero attached hydrogens (tertiary/aromatic N) is 3. The molecular formula is C13H12N4O3S. The van der Waals surface area contributed by atoms with E-state index in [0.717, 1.165) is 18.0 Å². The van der Waals surface area contributed by atoms with Crippen LogP contribution in [0.25, 0.3) is 0 Å². The first-order valence-corrected chi connectivity index (χ1v) is 7.20. The van der Waals surface area contributed by atoms with Crippen molar-refractivity contribution in [2.45, 2.75) is 13.0 Å². The highest BCUT2D eigenvalue weighted by molar-refractivity contribution is 7.04. The van der Waals surface area contributed by atoms with E-state index in [0.29, 0.717) is 24.5 Å². The van der Waals surface area contributed by atoms with Crippen molar-refractivity contribution in [3.8, 4) is 0 Å². The molecule has 0 aliphatic carbocycles. The highest BCUT2D eigenvalue weighted by atomic mass is 32.1. The fourth-order valence-corrected chi connectivity index (χ4v) is 3.20. The van der Waals surface area contributed by atoms with E-state index in [4.69, 9.17) is 0 Å². The maximum absolute atomic E-state index is 12.1. The Morgan fingerprint density at radius 2 is 2.14 bits per heavy atom. The van der Waals surface area contributed by atoms with Crippen LogP contribution < -0.4 is 9.99 Å². The van der Waals surface area contributed by atoms with Crippen molar-refractivity contribution in [2.75, 3.05) is 11.9 Å². The first-order chi connectivity index (χ1) is 10.2. The average molecular weight is 304 g/mol. The normalized spacial score (nSPS) is 14.4. The summed E-state index contributed by atoms with van der Waals surface area (Å²) in [6.07, 6.45) is 0.890. The van der Waals surface area contributed by atoms with E-state index in [1.54, 1.807) is 34.3 Å². The third kappa shape index (κ3) is 2.57. The standard InChI is InChI=1S/C13H12N4O3S/c18-12(9-5-2-1-3-6-9)15-13-10(17(19)20)11-14-7-4-8-16(11)21-13/h1-3,5-6,14H,4,7-8H2. The molecule has 0 bridgehead atoms. The summed E-state index contributed by atoms with van der Waals surface area (Å²) >= 11 is 1.14. The van der Waals surface area contributed by atoms with Crippen LogP contribution in [0, 0.1) is 10.1 Å². The van der Waals surface area contributed by atoms with E-state index < -0.39 is 10.8 Å². The lowest BCUT2D eigenvalue weighted by molar-refractivity contribution is -0.385. The Kier molecular flexibility index (Phi) is 3.53. The van der Waals surface area contributed by atoms with Crippen molar-refractivity contribution in [3.05, 3.63) is 50.7 Å². The molecule has 1 N–H and O–H groups in total. The Bertz CT molecular complexity index is 763. The number of carbonyl (C=O) groups is 1. The number of hydrogen-bond acceptors (Lipinski definition) is 5. The molecule has 0 fully saturated rings. The number of amides is 1. The Hall–Kier alpha value is -2.48. The molecule has 3 rings (SSSR count). The molecule has 0 unspecified atom stereocenters. The molecule has 0 spiro atoms. The van der Waals surface area contributed by atoms with Crippen LogP contribution >= 0.6 is 11.5 Å². The molecular weight excluding hydrogens is 292 g/mol. The minimum atomic E-state index is -0.488. The van der Waals surface area contributed by atoms with Gasteiger partial charge >= 0.3 is 5.69 Å². The predicted octanol–water partition coefficient (Wildman–Crippen LogP) is 2.01. The van der Waals surface area contributed by atoms with E-state index >= 15 is 0 Å². The van der Waals surface area contributed by atoms with Crippen molar-refractivity contribution >= 4 is 28.9 Å². The zero-order chi connectivity index (χ0) is 14.8. The summed E-state index contributed by atoms with van der Waals surface area (Å²) in [7, 11) is 0. The summed E-state index contributed by atoms with van der Waals surface area (Å²) < 4.78 is 1.91. The van der Waals surface area contributed by atoms with Crippen molar-refractivity contribution < 1.29 is 9.72 Å². The third-order valence-corrected chi connectivity index (χ3v) is 4.15. The van der Waals surface area contributed by atoms with Crippen LogP contribution in [-0.2, 0) is 6.54 Å². The van der Waals surface area contributed by atoms with E-state index in [2.05, 4.69) is 10.3 Å². The molecule has 7 nitrogen and oxygen atoms in total. The van der Waals surface area contributed by atoms with Gasteiger partial charge in [0, 0.05) is 18.7 Å². The number of benzene rings is 1. The molecule has 1 aromatic heterocycles. The van der Waals surface area contributed by atoms with E-state index in [-0.39, 0.29) is 10.4 Å². The van der Waals surface area contributed by atoms with Crippen molar-refractivity contribution in [3.63, 3.8) is 0 Å². The zero-order valence-corrected chi connectivity index (χ0v) is 11.8. The summed E-state index contributed by atoms with van der Waals surface area (Å²) in [6.45, 7) is 1.38. The summed E-state index contributed by atoms with van der Waals surface area (Å²) in [5, 5.41) is 14.3. The van der Waals surface area contributed by atoms with Crippen LogP contribution in [0.1, 0.15) is 16.8 Å². The maximum atomic E-state index is 12.1. The van der Waals surface area contributed by atoms with Crippen LogP contribution in [0.15, 0.2) is 35.3 Å². The number of nitro groups is 1. The van der Waals surface area contributed by atoms with Gasteiger partial charge in [0.05, 0.1) is 4.92 Å². The highest BCUT2D eigenvalue weighted by Gasteiger charge is 2.26. The molecule has 0 radical (unpaired) electrons. The van der Waals surface area contributed by atoms with E-state index in [1.165, 1.54) is 0 Å². The van der Waals surface area contributed by atoms with Crippen LogP contribution in [-0.4, -0.2) is 21.3 Å². The molecule has 108 valence electrons. The smallest absolute Gasteiger partial charge is 0.347 e. The lowest BCUT2D eigenvalue weighted by atomic mass is 10.2. The average Bonchev–Trinajstić information content (AvgIpc) is 2.86. The van der Waals surface area contributed by atoms with Gasteiger partial charge in [0.25, 0.3) is 5.91 Å². The maximum Gasteiger partial charge on any atom is 0.347 e. The Morgan fingerprint density at radius 1 is 1.38 bits per heavy atom. The lowest BCUT2D eigenvalue weighted by Gasteiger charge is -2.14. The largest absolute Gasteiger partial charge is 0.365 e. The minimum Gasteiger partial charge on any atom is -0.365 e. The number of anilines is 1. The SMILES string of the molecule is O=C(N=c1sn2c(c1[N+](=O)[O-])NCCC2)c1ccccc1. The number of rotatable bonds is 2. The number of nitrogens with one attached hydrogen (secondary N) is 1. The van der Waals surface area contributed by atoms with Crippen molar-refractivity contribution in [1.29, 1.82) is 0 Å². The van der Waals surface area contributed by atoms with Gasteiger partial charge in [0.1, 0.15) is 0 Å². The molecule has 1 aliphatic heterocycles. The van der Waals surface area contributed by atoms with Crippen LogP contribution in [0.5, 0.6) is 0 Å². The summed E-state index contributed by atoms with van der Waals surface area (Å²) in [4.78, 5) is 26.8. The predicted molar refractivity (Wildman–Crippen MR) is 78.4 cm³/mol. The molecule has 2 heterocycles. The van der Waals surface area contributed by atoms with Gasteiger partial charge in [0.2, 0.25) is 4.67 Å². The quantitative estimate of drug-likeness (QED) is 0.679. The first kappa shape index (κ1) is 13.5. The second-order valence-corrected chi connectivity index (χ2v) is 5.53. The summed E-state index contributed by atoms with van der Waals surface area (Å²) in [5.41, 5.74) is 0.292. The number of aromatic nitrogens is 1. The van der Waals surface area contributed by atoms with Gasteiger partial charge in [-0.05, 0) is 30.1 Å². The number of fused-ring (bicyclic) bond motifs is 1. The molecule has 1 aromatic carbocycles. The fourth-order valence-electron chi connectivity index (χ4n) is 2.15. The second-order valence-electron chi connectivity index (χ2n) is 4.52. The number of aryl methyl sites for hydroxylation is 1. The third-order valence-electron chi connectivity index (χ3n) is 3.11. The van der Waals surface area contributed by atoms with Gasteiger partial charge in [-0.15, -0.1) is 0 Å². The zero-order valence-electron chi connectivity index (χ0n) is 11.0. The van der Waals surface area contributed by atoms with Gasteiger partial charge in [-0.3, -0.25) is 18.9 Å². The Morgan fingerprint density at radius 3 is 2.86 bits per heavy atom. The van der Waals surface area contributed by atoms with Crippen molar-refractivity contribution in [1.82, 2.24) is 3.96 Å². The van der Waals surface area contributed by atoms with E-state index in [1.807, 2.05) is 0 Å². The first-order valence-electron chi connectivity index (χ1n) is 6.43. The van der Waals surface area contributed by atoms with Gasteiger partial charge in [-0.2, -0.15) is 4.99 Å². The molecule has 2 aromatic rings. The monoisotopic (exact) mass is 304 g/mol. The minimum absolute atomic E-state index is 0.121. The molecule has 1 aliphatic rings. The molecule has 0 saturated heterocycles. The van der Waals surface area contributed by atoms with Crippen LogP contribution in [0.4, 0.5) is 11.5 Å². The number of carbonyl (C=O) groups excluding carboxylic acids is 1. The van der Waals surface area contributed by atoms with Gasteiger partial charge < -0.3 is 5.32 Å². The van der Waals surface area contributed by atoms with Gasteiger partial charge in [-0.25, -0.2) is 0 Å². The Labute approximate surface area is 123 Å². The van der Waals surface area contributed by atoms with Gasteiger partial charge in [0.15, 0.2) is 5.82 Å². The summed E-state index contributed by atoms with van der Waals surface area (Å²) in [5.74, 6) is -0.0336. The van der Waals surface area contributed by atoms with Crippen LogP contribution in [0.3, 0.4) is 0 Å². The molecule has 0 saturated carbocycles. The van der Waals surface area contributed by atoms with Gasteiger partial charge in [-0.1, -0.05) is 18.2 Å². The molecule has 0 atom stereocenters. The lowest BCUT2D eigenvalue weighted by Crippen LogP contribution is -2.16. The topological polar surface area (TPSA) is 89.5 Å². The second kappa shape index (κ2) is 5.49. The van der Waals surface area contributed by atoms with Crippen LogP contribution in [0.2, 0.25) is 0 Å². The number of hydrogen-bond donors (Lipinski definition) is 1. The fraction of sp³-hybridized carbons (Fsp3) is 0.231.